The molecule has 0 atom stereocenters. The van der Waals surface area contributed by atoms with Gasteiger partial charge in [-0.25, -0.2) is 8.42 Å². The summed E-state index contributed by atoms with van der Waals surface area (Å²) in [4.78, 5) is 14.7. The third-order valence-electron chi connectivity index (χ3n) is 4.96. The van der Waals surface area contributed by atoms with Crippen LogP contribution in [0, 0.1) is 5.92 Å². The van der Waals surface area contributed by atoms with Crippen LogP contribution in [-0.2, 0) is 14.8 Å². The largest absolute Gasteiger partial charge is 0.495 e. The molecule has 1 heterocycles. The van der Waals surface area contributed by atoms with E-state index >= 15 is 0 Å². The summed E-state index contributed by atoms with van der Waals surface area (Å²) in [6.07, 6.45) is 4.35. The predicted molar refractivity (Wildman–Crippen MR) is 113 cm³/mol. The summed E-state index contributed by atoms with van der Waals surface area (Å²) in [5.74, 6) is 0.893. The van der Waals surface area contributed by atoms with Gasteiger partial charge in [-0.05, 0) is 63.0 Å². The van der Waals surface area contributed by atoms with Crippen molar-refractivity contribution in [3.05, 3.63) is 23.2 Å². The lowest BCUT2D eigenvalue weighted by Gasteiger charge is -2.30. The summed E-state index contributed by atoms with van der Waals surface area (Å²) in [5.41, 5.74) is 0.325. The first-order chi connectivity index (χ1) is 13.2. The average Bonchev–Trinajstić information content (AvgIpc) is 2.64. The molecule has 0 spiro atoms. The van der Waals surface area contributed by atoms with Gasteiger partial charge >= 0.3 is 0 Å². The average molecular weight is 432 g/mol. The second-order valence-corrected chi connectivity index (χ2v) is 9.63. The predicted octanol–water partition coefficient (Wildman–Crippen LogP) is 2.35. The molecular formula is C19H30ClN3O4S. The van der Waals surface area contributed by atoms with Crippen LogP contribution < -0.4 is 14.4 Å². The van der Waals surface area contributed by atoms with E-state index in [9.17, 15) is 13.2 Å². The third kappa shape index (κ3) is 6.83. The van der Waals surface area contributed by atoms with Gasteiger partial charge in [0.15, 0.2) is 0 Å². The fourth-order valence-corrected chi connectivity index (χ4v) is 4.31. The SMILES string of the molecule is COc1ccc(N(CC(=O)NCCCN2CCC(C)CC2)S(C)(=O)=O)cc1Cl. The molecule has 1 aromatic rings. The molecule has 0 aliphatic carbocycles. The van der Waals surface area contributed by atoms with Crippen LogP contribution in [0.2, 0.25) is 5.02 Å². The maximum atomic E-state index is 12.3. The van der Waals surface area contributed by atoms with Gasteiger partial charge in [-0.3, -0.25) is 9.10 Å². The normalized spacial score (nSPS) is 16.0. The highest BCUT2D eigenvalue weighted by atomic mass is 35.5. The Bertz CT molecular complexity index is 764. The Morgan fingerprint density at radius 3 is 2.61 bits per heavy atom. The number of sulfonamides is 1. The van der Waals surface area contributed by atoms with E-state index < -0.39 is 10.0 Å². The van der Waals surface area contributed by atoms with Crippen LogP contribution in [0.4, 0.5) is 5.69 Å². The van der Waals surface area contributed by atoms with Crippen molar-refractivity contribution in [3.8, 4) is 5.75 Å². The molecular weight excluding hydrogens is 402 g/mol. The zero-order chi connectivity index (χ0) is 20.7. The second-order valence-electron chi connectivity index (χ2n) is 7.32. The van der Waals surface area contributed by atoms with Gasteiger partial charge in [-0.2, -0.15) is 0 Å². The van der Waals surface area contributed by atoms with Crippen molar-refractivity contribution in [1.29, 1.82) is 0 Å². The summed E-state index contributed by atoms with van der Waals surface area (Å²) >= 11 is 6.09. The summed E-state index contributed by atoms with van der Waals surface area (Å²) in [5, 5.41) is 3.09. The molecule has 1 amide bonds. The number of nitrogens with one attached hydrogen (secondary N) is 1. The van der Waals surface area contributed by atoms with Crippen LogP contribution in [0.5, 0.6) is 5.75 Å². The summed E-state index contributed by atoms with van der Waals surface area (Å²) < 4.78 is 30.4. The van der Waals surface area contributed by atoms with E-state index in [2.05, 4.69) is 17.1 Å². The minimum atomic E-state index is -3.64. The molecule has 0 radical (unpaired) electrons. The highest BCUT2D eigenvalue weighted by Crippen LogP contribution is 2.30. The van der Waals surface area contributed by atoms with E-state index in [1.54, 1.807) is 12.1 Å². The lowest BCUT2D eigenvalue weighted by molar-refractivity contribution is -0.119. The number of carbonyl (C=O) groups excluding carboxylic acids is 1. The van der Waals surface area contributed by atoms with Gasteiger partial charge < -0.3 is 15.0 Å². The molecule has 1 aliphatic heterocycles. The van der Waals surface area contributed by atoms with E-state index in [0.717, 1.165) is 42.5 Å². The molecule has 1 saturated heterocycles. The summed E-state index contributed by atoms with van der Waals surface area (Å²) in [6, 6.07) is 4.62. The van der Waals surface area contributed by atoms with Crippen molar-refractivity contribution in [2.24, 2.45) is 5.92 Å². The van der Waals surface area contributed by atoms with Crippen LogP contribution in [0.1, 0.15) is 26.2 Å². The number of hydrogen-bond donors (Lipinski definition) is 1. The van der Waals surface area contributed by atoms with Crippen LogP contribution >= 0.6 is 11.6 Å². The van der Waals surface area contributed by atoms with Gasteiger partial charge in [-0.15, -0.1) is 0 Å². The summed E-state index contributed by atoms with van der Waals surface area (Å²) in [6.45, 7) is 5.66. The maximum absolute atomic E-state index is 12.3. The number of rotatable bonds is 9. The Morgan fingerprint density at radius 1 is 1.36 bits per heavy atom. The molecule has 9 heteroatoms. The standard InChI is InChI=1S/C19H30ClN3O4S/c1-15-7-11-22(12-8-15)10-4-9-21-19(24)14-23(28(3,25)26)16-5-6-18(27-2)17(20)13-16/h5-6,13,15H,4,7-12,14H2,1-3H3,(H,21,24). The van der Waals surface area contributed by atoms with Crippen molar-refractivity contribution in [2.45, 2.75) is 26.2 Å². The lowest BCUT2D eigenvalue weighted by atomic mass is 9.99. The van der Waals surface area contributed by atoms with Gasteiger partial charge in [0, 0.05) is 6.54 Å². The Kier molecular flexibility index (Phi) is 8.39. The third-order valence-corrected chi connectivity index (χ3v) is 6.40. The molecule has 2 rings (SSSR count). The Hall–Kier alpha value is -1.51. The molecule has 28 heavy (non-hydrogen) atoms. The van der Waals surface area contributed by atoms with Crippen molar-refractivity contribution >= 4 is 33.2 Å². The molecule has 1 N–H and O–H groups in total. The van der Waals surface area contributed by atoms with Crippen molar-refractivity contribution in [2.75, 3.05) is 50.4 Å². The monoisotopic (exact) mass is 431 g/mol. The van der Waals surface area contributed by atoms with Gasteiger partial charge in [0.1, 0.15) is 12.3 Å². The number of hydrogen-bond acceptors (Lipinski definition) is 5. The van der Waals surface area contributed by atoms with Crippen LogP contribution in [0.3, 0.4) is 0 Å². The number of nitrogens with zero attached hydrogens (tertiary/aromatic N) is 2. The minimum absolute atomic E-state index is 0.282. The van der Waals surface area contributed by atoms with Gasteiger partial charge in [0.05, 0.1) is 24.1 Å². The second kappa shape index (κ2) is 10.3. The van der Waals surface area contributed by atoms with E-state index in [1.165, 1.54) is 26.0 Å². The van der Waals surface area contributed by atoms with E-state index in [4.69, 9.17) is 16.3 Å². The molecule has 1 aromatic carbocycles. The molecule has 7 nitrogen and oxygen atoms in total. The molecule has 0 saturated carbocycles. The molecule has 1 fully saturated rings. The van der Waals surface area contributed by atoms with Crippen molar-refractivity contribution in [3.63, 3.8) is 0 Å². The van der Waals surface area contributed by atoms with Crippen LogP contribution in [0.25, 0.3) is 0 Å². The van der Waals surface area contributed by atoms with E-state index in [0.29, 0.717) is 18.0 Å². The molecule has 0 aromatic heterocycles. The number of halogens is 1. The number of amides is 1. The van der Waals surface area contributed by atoms with Gasteiger partial charge in [0.25, 0.3) is 0 Å². The first-order valence-corrected chi connectivity index (χ1v) is 11.7. The Labute approximate surface area is 173 Å². The first-order valence-electron chi connectivity index (χ1n) is 9.51. The van der Waals surface area contributed by atoms with Crippen molar-refractivity contribution in [1.82, 2.24) is 10.2 Å². The first kappa shape index (κ1) is 22.8. The highest BCUT2D eigenvalue weighted by Gasteiger charge is 2.22. The van der Waals surface area contributed by atoms with E-state index in [1.807, 2.05) is 0 Å². The van der Waals surface area contributed by atoms with Crippen LogP contribution in [0.15, 0.2) is 18.2 Å². The topological polar surface area (TPSA) is 79.0 Å². The molecule has 158 valence electrons. The zero-order valence-electron chi connectivity index (χ0n) is 16.8. The Morgan fingerprint density at radius 2 is 2.04 bits per heavy atom. The van der Waals surface area contributed by atoms with E-state index in [-0.39, 0.29) is 17.5 Å². The quantitative estimate of drug-likeness (QED) is 0.607. The number of ether oxygens (including phenoxy) is 1. The fraction of sp³-hybridized carbons (Fsp3) is 0.632. The number of methoxy groups -OCH3 is 1. The fourth-order valence-electron chi connectivity index (χ4n) is 3.21. The number of piperidine rings is 1. The minimum Gasteiger partial charge on any atom is -0.495 e. The number of carbonyl (C=O) groups is 1. The lowest BCUT2D eigenvalue weighted by Crippen LogP contribution is -2.41. The molecule has 0 bridgehead atoms. The van der Waals surface area contributed by atoms with Crippen molar-refractivity contribution < 1.29 is 17.9 Å². The smallest absolute Gasteiger partial charge is 0.240 e. The van der Waals surface area contributed by atoms with Crippen LogP contribution in [-0.4, -0.2) is 65.3 Å². The molecule has 0 unspecified atom stereocenters. The number of anilines is 1. The number of likely N-dealkylation sites (tertiary alicyclic amines) is 1. The summed E-state index contributed by atoms with van der Waals surface area (Å²) in [7, 11) is -2.16. The highest BCUT2D eigenvalue weighted by molar-refractivity contribution is 7.92. The maximum Gasteiger partial charge on any atom is 0.240 e. The van der Waals surface area contributed by atoms with Gasteiger partial charge in [-0.1, -0.05) is 18.5 Å². The Balaban J connectivity index is 1.87. The van der Waals surface area contributed by atoms with Gasteiger partial charge in [0.2, 0.25) is 15.9 Å². The number of benzene rings is 1. The zero-order valence-corrected chi connectivity index (χ0v) is 18.4. The molecule has 1 aliphatic rings.